The highest BCUT2D eigenvalue weighted by Crippen LogP contribution is 2.35. The largest absolute Gasteiger partial charge is 0.323 e. The van der Waals surface area contributed by atoms with Crippen LogP contribution in [0.2, 0.25) is 0 Å². The highest BCUT2D eigenvalue weighted by atomic mass is 19.1. The van der Waals surface area contributed by atoms with Crippen molar-refractivity contribution < 1.29 is 4.39 Å². The number of anilines is 2. The summed E-state index contributed by atoms with van der Waals surface area (Å²) in [5.74, 6) is 0.872. The lowest BCUT2D eigenvalue weighted by atomic mass is 10.2. The SMILES string of the molecule is C=Cc1ncc2nc(Nc3ccccc3F)n(C3CCCC3)c2n1. The van der Waals surface area contributed by atoms with Gasteiger partial charge in [0.25, 0.3) is 0 Å². The average Bonchev–Trinajstić information content (AvgIpc) is 3.23. The molecule has 1 N–H and O–H groups in total. The summed E-state index contributed by atoms with van der Waals surface area (Å²) < 4.78 is 16.1. The molecular formula is C18H18FN5. The summed E-state index contributed by atoms with van der Waals surface area (Å²) in [6.45, 7) is 3.73. The van der Waals surface area contributed by atoms with Crippen LogP contribution in [0.25, 0.3) is 17.2 Å². The van der Waals surface area contributed by atoms with E-state index in [0.29, 0.717) is 29.0 Å². The van der Waals surface area contributed by atoms with Crippen molar-refractivity contribution in [2.75, 3.05) is 5.32 Å². The fraction of sp³-hybridized carbons (Fsp3) is 0.278. The highest BCUT2D eigenvalue weighted by molar-refractivity contribution is 5.76. The highest BCUT2D eigenvalue weighted by Gasteiger charge is 2.24. The minimum atomic E-state index is -0.305. The number of hydrogen-bond donors (Lipinski definition) is 1. The Kier molecular flexibility index (Phi) is 3.72. The topological polar surface area (TPSA) is 55.6 Å². The Labute approximate surface area is 139 Å². The first-order valence-corrected chi connectivity index (χ1v) is 8.15. The number of nitrogens with zero attached hydrogens (tertiary/aromatic N) is 4. The Balaban J connectivity index is 1.85. The van der Waals surface area contributed by atoms with Gasteiger partial charge in [-0.3, -0.25) is 4.57 Å². The third kappa shape index (κ3) is 2.54. The summed E-state index contributed by atoms with van der Waals surface area (Å²) >= 11 is 0. The van der Waals surface area contributed by atoms with E-state index < -0.39 is 0 Å². The van der Waals surface area contributed by atoms with E-state index >= 15 is 0 Å². The molecule has 3 aromatic rings. The first-order chi connectivity index (χ1) is 11.8. The lowest BCUT2D eigenvalue weighted by Gasteiger charge is -2.16. The van der Waals surface area contributed by atoms with E-state index in [4.69, 9.17) is 0 Å². The van der Waals surface area contributed by atoms with Gasteiger partial charge >= 0.3 is 0 Å². The zero-order chi connectivity index (χ0) is 16.5. The molecule has 24 heavy (non-hydrogen) atoms. The van der Waals surface area contributed by atoms with Gasteiger partial charge in [-0.1, -0.05) is 31.6 Å². The second kappa shape index (κ2) is 6.03. The Hall–Kier alpha value is -2.76. The molecule has 0 spiro atoms. The van der Waals surface area contributed by atoms with E-state index in [2.05, 4.69) is 31.4 Å². The second-order valence-corrected chi connectivity index (χ2v) is 5.99. The fourth-order valence-corrected chi connectivity index (χ4v) is 3.28. The predicted molar refractivity (Wildman–Crippen MR) is 92.6 cm³/mol. The summed E-state index contributed by atoms with van der Waals surface area (Å²) in [6.07, 6.45) is 7.83. The molecule has 0 aliphatic heterocycles. The quantitative estimate of drug-likeness (QED) is 0.770. The maximum atomic E-state index is 14.0. The first-order valence-electron chi connectivity index (χ1n) is 8.15. The number of hydrogen-bond acceptors (Lipinski definition) is 4. The first kappa shape index (κ1) is 14.8. The van der Waals surface area contributed by atoms with Crippen LogP contribution in [0.15, 0.2) is 37.0 Å². The van der Waals surface area contributed by atoms with Gasteiger partial charge in [-0.25, -0.2) is 19.3 Å². The number of halogens is 1. The van der Waals surface area contributed by atoms with Gasteiger partial charge in [0.15, 0.2) is 11.5 Å². The van der Waals surface area contributed by atoms with E-state index in [1.54, 1.807) is 30.5 Å². The molecular weight excluding hydrogens is 305 g/mol. The molecule has 1 aromatic carbocycles. The van der Waals surface area contributed by atoms with Crippen molar-refractivity contribution in [3.8, 4) is 0 Å². The minimum absolute atomic E-state index is 0.305. The molecule has 0 saturated heterocycles. The third-order valence-electron chi connectivity index (χ3n) is 4.44. The van der Waals surface area contributed by atoms with Crippen LogP contribution in [0.4, 0.5) is 16.0 Å². The van der Waals surface area contributed by atoms with Crippen LogP contribution in [-0.4, -0.2) is 19.5 Å². The lowest BCUT2D eigenvalue weighted by Crippen LogP contribution is -2.10. The standard InChI is InChI=1S/C18H18FN5/c1-2-16-20-11-15-17(23-16)24(12-7-3-4-8-12)18(22-15)21-14-10-6-5-9-13(14)19/h2,5-6,9-12H,1,3-4,7-8H2,(H,21,22). The Morgan fingerprint density at radius 1 is 1.21 bits per heavy atom. The molecule has 0 radical (unpaired) electrons. The smallest absolute Gasteiger partial charge is 0.210 e. The molecule has 0 bridgehead atoms. The number of nitrogens with one attached hydrogen (secondary N) is 1. The molecule has 5 nitrogen and oxygen atoms in total. The summed E-state index contributed by atoms with van der Waals surface area (Å²) in [5.41, 5.74) is 1.88. The molecule has 0 atom stereocenters. The number of rotatable bonds is 4. The molecule has 6 heteroatoms. The molecule has 2 aromatic heterocycles. The van der Waals surface area contributed by atoms with Crippen LogP contribution in [-0.2, 0) is 0 Å². The number of para-hydroxylation sites is 1. The average molecular weight is 323 g/mol. The molecule has 4 rings (SSSR count). The summed E-state index contributed by atoms with van der Waals surface area (Å²) in [6, 6.07) is 6.91. The molecule has 1 aliphatic carbocycles. The molecule has 0 amide bonds. The van der Waals surface area contributed by atoms with E-state index in [1.807, 2.05) is 0 Å². The molecule has 1 saturated carbocycles. The van der Waals surface area contributed by atoms with Crippen molar-refractivity contribution in [1.82, 2.24) is 19.5 Å². The maximum Gasteiger partial charge on any atom is 0.210 e. The van der Waals surface area contributed by atoms with E-state index in [1.165, 1.54) is 18.9 Å². The normalized spacial score (nSPS) is 15.0. The van der Waals surface area contributed by atoms with Crippen LogP contribution in [0.5, 0.6) is 0 Å². The van der Waals surface area contributed by atoms with Crippen molar-refractivity contribution in [3.63, 3.8) is 0 Å². The predicted octanol–water partition coefficient (Wildman–Crippen LogP) is 4.47. The fourth-order valence-electron chi connectivity index (χ4n) is 3.28. The molecule has 1 fully saturated rings. The van der Waals surface area contributed by atoms with Crippen LogP contribution >= 0.6 is 0 Å². The summed E-state index contributed by atoms with van der Waals surface area (Å²) in [5, 5.41) is 3.13. The van der Waals surface area contributed by atoms with Crippen LogP contribution in [0.3, 0.4) is 0 Å². The third-order valence-corrected chi connectivity index (χ3v) is 4.44. The zero-order valence-electron chi connectivity index (χ0n) is 13.2. The monoisotopic (exact) mass is 323 g/mol. The van der Waals surface area contributed by atoms with Crippen LogP contribution in [0.1, 0.15) is 37.5 Å². The Bertz CT molecular complexity index is 896. The van der Waals surface area contributed by atoms with E-state index in [9.17, 15) is 4.39 Å². The number of aromatic nitrogens is 4. The van der Waals surface area contributed by atoms with Gasteiger partial charge in [0.1, 0.15) is 11.3 Å². The van der Waals surface area contributed by atoms with Gasteiger partial charge in [0.2, 0.25) is 5.95 Å². The molecule has 0 unspecified atom stereocenters. The van der Waals surface area contributed by atoms with Crippen LogP contribution in [0, 0.1) is 5.82 Å². The molecule has 122 valence electrons. The zero-order valence-corrected chi connectivity index (χ0v) is 13.2. The summed E-state index contributed by atoms with van der Waals surface area (Å²) in [7, 11) is 0. The van der Waals surface area contributed by atoms with Gasteiger partial charge in [-0.2, -0.15) is 0 Å². The molecule has 1 aliphatic rings. The van der Waals surface area contributed by atoms with Gasteiger partial charge in [0.05, 0.1) is 11.9 Å². The Morgan fingerprint density at radius 2 is 2.00 bits per heavy atom. The second-order valence-electron chi connectivity index (χ2n) is 5.99. The van der Waals surface area contributed by atoms with Gasteiger partial charge in [0, 0.05) is 6.04 Å². The van der Waals surface area contributed by atoms with E-state index in [0.717, 1.165) is 18.5 Å². The minimum Gasteiger partial charge on any atom is -0.323 e. The summed E-state index contributed by atoms with van der Waals surface area (Å²) in [4.78, 5) is 13.4. The van der Waals surface area contributed by atoms with Gasteiger partial charge in [-0.15, -0.1) is 0 Å². The van der Waals surface area contributed by atoms with Crippen molar-refractivity contribution in [3.05, 3.63) is 48.7 Å². The van der Waals surface area contributed by atoms with Crippen molar-refractivity contribution in [2.45, 2.75) is 31.7 Å². The maximum absolute atomic E-state index is 14.0. The lowest BCUT2D eigenvalue weighted by molar-refractivity contribution is 0.534. The number of fused-ring (bicyclic) bond motifs is 1. The van der Waals surface area contributed by atoms with Crippen molar-refractivity contribution in [2.24, 2.45) is 0 Å². The van der Waals surface area contributed by atoms with E-state index in [-0.39, 0.29) is 5.82 Å². The van der Waals surface area contributed by atoms with Crippen LogP contribution < -0.4 is 5.32 Å². The number of benzene rings is 1. The number of imidazole rings is 1. The van der Waals surface area contributed by atoms with Crippen molar-refractivity contribution >= 4 is 28.9 Å². The Morgan fingerprint density at radius 3 is 2.75 bits per heavy atom. The molecule has 2 heterocycles. The van der Waals surface area contributed by atoms with Gasteiger partial charge < -0.3 is 5.32 Å². The van der Waals surface area contributed by atoms with Gasteiger partial charge in [-0.05, 0) is 31.1 Å². The van der Waals surface area contributed by atoms with Crippen molar-refractivity contribution in [1.29, 1.82) is 0 Å².